The van der Waals surface area contributed by atoms with Crippen LogP contribution in [0.15, 0.2) is 22.8 Å². The van der Waals surface area contributed by atoms with Crippen molar-refractivity contribution in [1.29, 1.82) is 0 Å². The lowest BCUT2D eigenvalue weighted by molar-refractivity contribution is -0.152. The first kappa shape index (κ1) is 19.5. The third-order valence-electron chi connectivity index (χ3n) is 3.74. The van der Waals surface area contributed by atoms with E-state index in [-0.39, 0.29) is 31.3 Å². The molecule has 0 aliphatic carbocycles. The average molecular weight is 365 g/mol. The molecule has 1 saturated heterocycles. The van der Waals surface area contributed by atoms with Crippen molar-refractivity contribution in [3.63, 3.8) is 0 Å². The number of furan rings is 1. The summed E-state index contributed by atoms with van der Waals surface area (Å²) in [5.41, 5.74) is 0. The van der Waals surface area contributed by atoms with Crippen LogP contribution in [0.2, 0.25) is 0 Å². The molecule has 1 fully saturated rings. The first-order valence-corrected chi connectivity index (χ1v) is 8.39. The van der Waals surface area contributed by atoms with Gasteiger partial charge in [0.2, 0.25) is 5.91 Å². The molecule has 0 saturated carbocycles. The third-order valence-corrected chi connectivity index (χ3v) is 3.74. The van der Waals surface area contributed by atoms with E-state index in [1.165, 1.54) is 11.2 Å². The molecule has 1 aliphatic rings. The predicted octanol–water partition coefficient (Wildman–Crippen LogP) is 0.653. The fourth-order valence-corrected chi connectivity index (χ4v) is 2.43. The summed E-state index contributed by atoms with van der Waals surface area (Å²) in [6.07, 6.45) is 1.54. The van der Waals surface area contributed by atoms with Crippen molar-refractivity contribution < 1.29 is 28.3 Å². The average Bonchev–Trinajstić information content (AvgIpc) is 3.21. The second kappa shape index (κ2) is 9.02. The Morgan fingerprint density at radius 1 is 1.38 bits per heavy atom. The number of hydrogen-bond acceptors (Lipinski definition) is 6. The van der Waals surface area contributed by atoms with Crippen molar-refractivity contribution in [2.24, 2.45) is 11.8 Å². The molecule has 1 aromatic heterocycles. The summed E-state index contributed by atoms with van der Waals surface area (Å²) in [6, 6.07) is 2.82. The van der Waals surface area contributed by atoms with Crippen molar-refractivity contribution in [1.82, 2.24) is 15.5 Å². The fourth-order valence-electron chi connectivity index (χ4n) is 2.43. The minimum absolute atomic E-state index is 0.0238. The molecule has 26 heavy (non-hydrogen) atoms. The van der Waals surface area contributed by atoms with Gasteiger partial charge in [-0.1, -0.05) is 13.8 Å². The van der Waals surface area contributed by atoms with Gasteiger partial charge in [-0.2, -0.15) is 0 Å². The molecule has 9 heteroatoms. The van der Waals surface area contributed by atoms with Gasteiger partial charge < -0.3 is 19.4 Å². The quantitative estimate of drug-likeness (QED) is 0.685. The van der Waals surface area contributed by atoms with Crippen LogP contribution in [0, 0.1) is 11.8 Å². The number of likely N-dealkylation sites (tertiary alicyclic amines) is 1. The van der Waals surface area contributed by atoms with E-state index in [0.717, 1.165) is 0 Å². The van der Waals surface area contributed by atoms with E-state index in [4.69, 9.17) is 9.15 Å². The van der Waals surface area contributed by atoms with Gasteiger partial charge in [0.25, 0.3) is 5.91 Å². The summed E-state index contributed by atoms with van der Waals surface area (Å²) in [6.45, 7) is 4.18. The zero-order chi connectivity index (χ0) is 19.1. The van der Waals surface area contributed by atoms with E-state index in [1.54, 1.807) is 12.1 Å². The molecular weight excluding hydrogens is 342 g/mol. The highest BCUT2D eigenvalue weighted by atomic mass is 16.5. The Kier molecular flexibility index (Phi) is 6.76. The van der Waals surface area contributed by atoms with Gasteiger partial charge in [0.15, 0.2) is 6.61 Å². The van der Waals surface area contributed by atoms with E-state index in [1.807, 2.05) is 13.8 Å². The number of urea groups is 1. The molecular formula is C17H23N3O6. The summed E-state index contributed by atoms with van der Waals surface area (Å²) in [7, 11) is 0. The van der Waals surface area contributed by atoms with Gasteiger partial charge in [-0.3, -0.25) is 19.7 Å². The van der Waals surface area contributed by atoms with Gasteiger partial charge in [0.1, 0.15) is 5.76 Å². The molecule has 1 aliphatic heterocycles. The van der Waals surface area contributed by atoms with Gasteiger partial charge >= 0.3 is 12.0 Å². The topological polar surface area (TPSA) is 118 Å². The maximum Gasteiger partial charge on any atom is 0.321 e. The Bertz CT molecular complexity index is 655. The molecule has 0 bridgehead atoms. The lowest BCUT2D eigenvalue weighted by atomic mass is 10.1. The SMILES string of the molecule is CC(C)CNC(=O)NC(=O)COC(=O)[C@H]1CC(=O)N(Cc2ccco2)C1. The van der Waals surface area contributed by atoms with Crippen LogP contribution in [0.1, 0.15) is 26.0 Å². The molecule has 1 atom stereocenters. The highest BCUT2D eigenvalue weighted by molar-refractivity contribution is 5.96. The lowest BCUT2D eigenvalue weighted by Crippen LogP contribution is -2.42. The monoisotopic (exact) mass is 365 g/mol. The van der Waals surface area contributed by atoms with Crippen molar-refractivity contribution in [2.75, 3.05) is 19.7 Å². The van der Waals surface area contributed by atoms with Crippen LogP contribution < -0.4 is 10.6 Å². The Labute approximate surface area is 151 Å². The molecule has 0 aromatic carbocycles. The summed E-state index contributed by atoms with van der Waals surface area (Å²) in [5, 5.41) is 4.59. The van der Waals surface area contributed by atoms with Crippen molar-refractivity contribution in [3.05, 3.63) is 24.2 Å². The number of carbonyl (C=O) groups is 4. The summed E-state index contributed by atoms with van der Waals surface area (Å²) >= 11 is 0. The van der Waals surface area contributed by atoms with Crippen LogP contribution in [-0.2, 0) is 25.7 Å². The Morgan fingerprint density at radius 2 is 2.15 bits per heavy atom. The van der Waals surface area contributed by atoms with Crippen molar-refractivity contribution in [3.8, 4) is 0 Å². The van der Waals surface area contributed by atoms with Gasteiger partial charge in [0, 0.05) is 19.5 Å². The smallest absolute Gasteiger partial charge is 0.321 e. The normalized spacial score (nSPS) is 16.7. The first-order valence-electron chi connectivity index (χ1n) is 8.39. The van der Waals surface area contributed by atoms with Crippen LogP contribution in [-0.4, -0.2) is 48.4 Å². The number of nitrogens with zero attached hydrogens (tertiary/aromatic N) is 1. The number of imide groups is 1. The molecule has 9 nitrogen and oxygen atoms in total. The summed E-state index contributed by atoms with van der Waals surface area (Å²) < 4.78 is 10.1. The molecule has 2 rings (SSSR count). The number of ether oxygens (including phenoxy) is 1. The van der Waals surface area contributed by atoms with Crippen LogP contribution in [0.5, 0.6) is 0 Å². The highest BCUT2D eigenvalue weighted by Gasteiger charge is 2.35. The van der Waals surface area contributed by atoms with E-state index >= 15 is 0 Å². The van der Waals surface area contributed by atoms with Crippen LogP contribution in [0.25, 0.3) is 0 Å². The second-order valence-corrected chi connectivity index (χ2v) is 6.51. The molecule has 2 heterocycles. The number of carbonyl (C=O) groups excluding carboxylic acids is 4. The van der Waals surface area contributed by atoms with Gasteiger partial charge in [0.05, 0.1) is 18.7 Å². The van der Waals surface area contributed by atoms with Crippen LogP contribution in [0.3, 0.4) is 0 Å². The zero-order valence-electron chi connectivity index (χ0n) is 14.8. The highest BCUT2D eigenvalue weighted by Crippen LogP contribution is 2.21. The van der Waals surface area contributed by atoms with Crippen molar-refractivity contribution >= 4 is 23.8 Å². The van der Waals surface area contributed by atoms with Gasteiger partial charge in [-0.05, 0) is 18.1 Å². The lowest BCUT2D eigenvalue weighted by Gasteiger charge is -2.14. The van der Waals surface area contributed by atoms with Crippen molar-refractivity contribution in [2.45, 2.75) is 26.8 Å². The van der Waals surface area contributed by atoms with E-state index < -0.39 is 30.4 Å². The largest absolute Gasteiger partial charge is 0.467 e. The summed E-state index contributed by atoms with van der Waals surface area (Å²) in [4.78, 5) is 48.6. The number of hydrogen-bond donors (Lipinski definition) is 2. The van der Waals surface area contributed by atoms with E-state index in [0.29, 0.717) is 12.3 Å². The van der Waals surface area contributed by atoms with Gasteiger partial charge in [-0.25, -0.2) is 4.79 Å². The first-order chi connectivity index (χ1) is 12.3. The molecule has 142 valence electrons. The fraction of sp³-hybridized carbons (Fsp3) is 0.529. The molecule has 0 spiro atoms. The molecule has 1 aromatic rings. The van der Waals surface area contributed by atoms with Gasteiger partial charge in [-0.15, -0.1) is 0 Å². The van der Waals surface area contributed by atoms with Crippen LogP contribution in [0.4, 0.5) is 4.79 Å². The molecule has 0 unspecified atom stereocenters. The van der Waals surface area contributed by atoms with E-state index in [2.05, 4.69) is 10.6 Å². The third kappa shape index (κ3) is 5.91. The maximum atomic E-state index is 12.0. The second-order valence-electron chi connectivity index (χ2n) is 6.51. The zero-order valence-corrected chi connectivity index (χ0v) is 14.8. The minimum atomic E-state index is -0.726. The number of amides is 4. The number of esters is 1. The molecule has 4 amide bonds. The maximum absolute atomic E-state index is 12.0. The summed E-state index contributed by atoms with van der Waals surface area (Å²) in [5.74, 6) is -1.31. The molecule has 2 N–H and O–H groups in total. The number of rotatable bonds is 7. The predicted molar refractivity (Wildman–Crippen MR) is 89.6 cm³/mol. The number of nitrogens with one attached hydrogen (secondary N) is 2. The van der Waals surface area contributed by atoms with E-state index in [9.17, 15) is 19.2 Å². The minimum Gasteiger partial charge on any atom is -0.467 e. The Hall–Kier alpha value is -2.84. The Morgan fingerprint density at radius 3 is 2.81 bits per heavy atom. The Balaban J connectivity index is 1.71. The molecule has 0 radical (unpaired) electrons. The standard InChI is InChI=1S/C17H23N3O6/c1-11(2)7-18-17(24)19-14(21)10-26-16(23)12-6-15(22)20(8-12)9-13-4-3-5-25-13/h3-5,11-12H,6-10H2,1-2H3,(H2,18,19,21,24)/t12-/m0/s1. The van der Waals surface area contributed by atoms with Crippen LogP contribution >= 0.6 is 0 Å².